The Balaban J connectivity index is 1.67. The van der Waals surface area contributed by atoms with Crippen LogP contribution in [0.25, 0.3) is 0 Å². The van der Waals surface area contributed by atoms with Gasteiger partial charge in [0.15, 0.2) is 0 Å². The number of pyridine rings is 1. The minimum atomic E-state index is -3.60. The minimum absolute atomic E-state index is 0.171. The summed E-state index contributed by atoms with van der Waals surface area (Å²) in [4.78, 5) is 4.07. The monoisotopic (exact) mass is 374 g/mol. The first kappa shape index (κ1) is 17.4. The van der Waals surface area contributed by atoms with E-state index in [-0.39, 0.29) is 11.4 Å². The second-order valence-corrected chi connectivity index (χ2v) is 7.41. The number of hydrogen-bond acceptors (Lipinski definition) is 4. The molecule has 0 radical (unpaired) electrons. The Bertz CT molecular complexity index is 928. The van der Waals surface area contributed by atoms with E-state index in [2.05, 4.69) is 9.71 Å². The Kier molecular flexibility index (Phi) is 5.33. The number of nitrogens with zero attached hydrogens (tertiary/aromatic N) is 1. The molecule has 7 heteroatoms. The molecule has 128 valence electrons. The molecule has 0 aliphatic rings. The van der Waals surface area contributed by atoms with Gasteiger partial charge in [0.05, 0.1) is 4.90 Å². The molecule has 0 saturated carbocycles. The highest BCUT2D eigenvalue weighted by molar-refractivity contribution is 7.89. The van der Waals surface area contributed by atoms with Crippen molar-refractivity contribution in [3.8, 4) is 11.5 Å². The second-order valence-electron chi connectivity index (χ2n) is 5.21. The van der Waals surface area contributed by atoms with Crippen molar-refractivity contribution in [2.45, 2.75) is 11.4 Å². The normalized spacial score (nSPS) is 11.2. The standard InChI is InChI=1S/C18H15ClN2O3S/c19-15-1-3-16(4-2-15)24-17-5-7-18(8-6-17)25(22,23)21-13-14-9-11-20-12-10-14/h1-12,21H,13H2. The summed E-state index contributed by atoms with van der Waals surface area (Å²) in [7, 11) is -3.60. The Labute approximate surface area is 151 Å². The van der Waals surface area contributed by atoms with Crippen LogP contribution in [0, 0.1) is 0 Å². The van der Waals surface area contributed by atoms with Gasteiger partial charge in [0.1, 0.15) is 11.5 Å². The largest absolute Gasteiger partial charge is 0.457 e. The van der Waals surface area contributed by atoms with Crippen LogP contribution in [-0.2, 0) is 16.6 Å². The second kappa shape index (κ2) is 7.65. The van der Waals surface area contributed by atoms with Crippen molar-refractivity contribution in [2.24, 2.45) is 0 Å². The number of rotatable bonds is 6. The van der Waals surface area contributed by atoms with Crippen molar-refractivity contribution in [3.63, 3.8) is 0 Å². The van der Waals surface area contributed by atoms with Gasteiger partial charge in [0, 0.05) is 24.0 Å². The van der Waals surface area contributed by atoms with Crippen LogP contribution in [-0.4, -0.2) is 13.4 Å². The van der Waals surface area contributed by atoms with E-state index in [4.69, 9.17) is 16.3 Å². The lowest BCUT2D eigenvalue weighted by atomic mass is 10.3. The number of hydrogen-bond donors (Lipinski definition) is 1. The molecule has 0 aliphatic heterocycles. The fourth-order valence-corrected chi connectivity index (χ4v) is 3.23. The van der Waals surface area contributed by atoms with E-state index in [0.29, 0.717) is 16.5 Å². The molecule has 3 rings (SSSR count). The van der Waals surface area contributed by atoms with E-state index in [9.17, 15) is 8.42 Å². The Hall–Kier alpha value is -2.41. The molecule has 0 amide bonds. The van der Waals surface area contributed by atoms with Gasteiger partial charge in [-0.3, -0.25) is 4.98 Å². The maximum atomic E-state index is 12.3. The van der Waals surface area contributed by atoms with Gasteiger partial charge in [-0.2, -0.15) is 0 Å². The van der Waals surface area contributed by atoms with Gasteiger partial charge in [-0.25, -0.2) is 13.1 Å². The zero-order valence-corrected chi connectivity index (χ0v) is 14.7. The van der Waals surface area contributed by atoms with Crippen LogP contribution < -0.4 is 9.46 Å². The maximum absolute atomic E-state index is 12.3. The van der Waals surface area contributed by atoms with Crippen LogP contribution >= 0.6 is 11.6 Å². The van der Waals surface area contributed by atoms with E-state index in [1.54, 1.807) is 60.9 Å². The van der Waals surface area contributed by atoms with Gasteiger partial charge in [-0.05, 0) is 66.2 Å². The molecule has 2 aromatic carbocycles. The fraction of sp³-hybridized carbons (Fsp3) is 0.0556. The molecule has 1 aromatic heterocycles. The van der Waals surface area contributed by atoms with Crippen LogP contribution in [0.5, 0.6) is 11.5 Å². The lowest BCUT2D eigenvalue weighted by Gasteiger charge is -2.09. The van der Waals surface area contributed by atoms with E-state index in [1.807, 2.05) is 0 Å². The topological polar surface area (TPSA) is 68.3 Å². The number of nitrogens with one attached hydrogen (secondary N) is 1. The predicted octanol–water partition coefficient (Wildman–Crippen LogP) is 4.01. The van der Waals surface area contributed by atoms with E-state index >= 15 is 0 Å². The molecule has 0 spiro atoms. The minimum Gasteiger partial charge on any atom is -0.457 e. The molecule has 25 heavy (non-hydrogen) atoms. The number of ether oxygens (including phenoxy) is 1. The quantitative estimate of drug-likeness (QED) is 0.708. The third-order valence-corrected chi connectivity index (χ3v) is 5.07. The van der Waals surface area contributed by atoms with Gasteiger partial charge < -0.3 is 4.74 Å². The SMILES string of the molecule is O=S(=O)(NCc1ccncc1)c1ccc(Oc2ccc(Cl)cc2)cc1. The van der Waals surface area contributed by atoms with Crippen LogP contribution in [0.3, 0.4) is 0 Å². The summed E-state index contributed by atoms with van der Waals surface area (Å²) in [6.45, 7) is 0.202. The van der Waals surface area contributed by atoms with Crippen LogP contribution in [0.2, 0.25) is 5.02 Å². The van der Waals surface area contributed by atoms with Gasteiger partial charge in [0.2, 0.25) is 10.0 Å². The average Bonchev–Trinajstić information content (AvgIpc) is 2.63. The fourth-order valence-electron chi connectivity index (χ4n) is 2.09. The van der Waals surface area contributed by atoms with Crippen molar-refractivity contribution >= 4 is 21.6 Å². The summed E-state index contributed by atoms with van der Waals surface area (Å²) >= 11 is 5.83. The molecule has 0 bridgehead atoms. The van der Waals surface area contributed by atoms with E-state index in [1.165, 1.54) is 12.1 Å². The molecule has 0 fully saturated rings. The highest BCUT2D eigenvalue weighted by Crippen LogP contribution is 2.24. The summed E-state index contributed by atoms with van der Waals surface area (Å²) in [5, 5.41) is 0.620. The number of sulfonamides is 1. The van der Waals surface area contributed by atoms with Gasteiger partial charge >= 0.3 is 0 Å². The number of benzene rings is 2. The van der Waals surface area contributed by atoms with Crippen molar-refractivity contribution in [1.82, 2.24) is 9.71 Å². The summed E-state index contributed by atoms with van der Waals surface area (Å²) < 4.78 is 32.9. The Morgan fingerprint density at radius 1 is 0.880 bits per heavy atom. The highest BCUT2D eigenvalue weighted by atomic mass is 35.5. The molecule has 3 aromatic rings. The number of aromatic nitrogens is 1. The number of halogens is 1. The smallest absolute Gasteiger partial charge is 0.240 e. The van der Waals surface area contributed by atoms with Gasteiger partial charge in [0.25, 0.3) is 0 Å². The molecule has 0 atom stereocenters. The third-order valence-electron chi connectivity index (χ3n) is 3.40. The van der Waals surface area contributed by atoms with Gasteiger partial charge in [-0.15, -0.1) is 0 Å². The third kappa shape index (κ3) is 4.79. The molecule has 1 heterocycles. The zero-order chi connectivity index (χ0) is 17.7. The molecule has 5 nitrogen and oxygen atoms in total. The Morgan fingerprint density at radius 3 is 2.04 bits per heavy atom. The van der Waals surface area contributed by atoms with Crippen molar-refractivity contribution in [1.29, 1.82) is 0 Å². The lowest BCUT2D eigenvalue weighted by Crippen LogP contribution is -2.23. The maximum Gasteiger partial charge on any atom is 0.240 e. The van der Waals surface area contributed by atoms with Crippen LogP contribution in [0.15, 0.2) is 78.0 Å². The lowest BCUT2D eigenvalue weighted by molar-refractivity contribution is 0.482. The highest BCUT2D eigenvalue weighted by Gasteiger charge is 2.13. The van der Waals surface area contributed by atoms with Crippen LogP contribution in [0.4, 0.5) is 0 Å². The van der Waals surface area contributed by atoms with Crippen molar-refractivity contribution in [2.75, 3.05) is 0 Å². The first-order valence-corrected chi connectivity index (χ1v) is 9.31. The molecular weight excluding hydrogens is 360 g/mol. The Morgan fingerprint density at radius 2 is 1.44 bits per heavy atom. The van der Waals surface area contributed by atoms with Crippen molar-refractivity contribution < 1.29 is 13.2 Å². The average molecular weight is 375 g/mol. The van der Waals surface area contributed by atoms with Gasteiger partial charge in [-0.1, -0.05) is 11.6 Å². The first-order valence-electron chi connectivity index (χ1n) is 7.45. The summed E-state index contributed by atoms with van der Waals surface area (Å²) in [6.07, 6.45) is 3.24. The van der Waals surface area contributed by atoms with E-state index < -0.39 is 10.0 Å². The van der Waals surface area contributed by atoms with Crippen molar-refractivity contribution in [3.05, 3.63) is 83.6 Å². The molecule has 0 saturated heterocycles. The van der Waals surface area contributed by atoms with Crippen LogP contribution in [0.1, 0.15) is 5.56 Å². The molecule has 0 unspecified atom stereocenters. The molecular formula is C18H15ClN2O3S. The summed E-state index contributed by atoms with van der Waals surface area (Å²) in [6, 6.07) is 16.6. The molecule has 1 N–H and O–H groups in total. The predicted molar refractivity (Wildman–Crippen MR) is 96.2 cm³/mol. The first-order chi connectivity index (χ1) is 12.0. The summed E-state index contributed by atoms with van der Waals surface area (Å²) in [5.74, 6) is 1.16. The zero-order valence-electron chi connectivity index (χ0n) is 13.1. The molecule has 0 aliphatic carbocycles. The summed E-state index contributed by atoms with van der Waals surface area (Å²) in [5.41, 5.74) is 0.835. The van der Waals surface area contributed by atoms with E-state index in [0.717, 1.165) is 5.56 Å².